The fraction of sp³-hybridized carbons (Fsp3) is 0.200. The van der Waals surface area contributed by atoms with Crippen LogP contribution in [0.2, 0.25) is 0 Å². The molecular weight excluding hydrogens is 320 g/mol. The molecule has 104 valence electrons. The van der Waals surface area contributed by atoms with Crippen molar-refractivity contribution in [3.8, 4) is 5.69 Å². The number of aryl methyl sites for hydroxylation is 1. The number of carboxylic acid groups (broad SMARTS) is 1. The highest BCUT2D eigenvalue weighted by atomic mass is 79.9. The highest BCUT2D eigenvalue weighted by Crippen LogP contribution is 2.24. The normalized spacial score (nSPS) is 11.2. The lowest BCUT2D eigenvalue weighted by Crippen LogP contribution is -2.02. The van der Waals surface area contributed by atoms with Crippen molar-refractivity contribution in [3.05, 3.63) is 51.3 Å². The van der Waals surface area contributed by atoms with E-state index in [1.807, 2.05) is 43.7 Å². The van der Waals surface area contributed by atoms with E-state index < -0.39 is 5.97 Å². The Morgan fingerprint density at radius 3 is 2.60 bits per heavy atom. The Morgan fingerprint density at radius 2 is 2.05 bits per heavy atom. The molecule has 1 aromatic heterocycles. The van der Waals surface area contributed by atoms with Crippen LogP contribution in [0.1, 0.15) is 22.5 Å². The molecule has 0 saturated carbocycles. The Morgan fingerprint density at radius 1 is 1.35 bits per heavy atom. The third-order valence-electron chi connectivity index (χ3n) is 3.28. The Hall–Kier alpha value is -1.88. The van der Waals surface area contributed by atoms with Gasteiger partial charge in [-0.3, -0.25) is 0 Å². The van der Waals surface area contributed by atoms with Crippen molar-refractivity contribution in [1.82, 2.24) is 9.78 Å². The van der Waals surface area contributed by atoms with Gasteiger partial charge in [0.15, 0.2) is 0 Å². The lowest BCUT2D eigenvalue weighted by molar-refractivity contribution is -0.131. The fourth-order valence-corrected chi connectivity index (χ4v) is 2.35. The van der Waals surface area contributed by atoms with E-state index >= 15 is 0 Å². The molecule has 2 rings (SSSR count). The van der Waals surface area contributed by atoms with Crippen molar-refractivity contribution in [2.75, 3.05) is 0 Å². The Bertz CT molecular complexity index is 702. The number of halogens is 1. The molecule has 0 radical (unpaired) electrons. The van der Waals surface area contributed by atoms with Gasteiger partial charge in [0.05, 0.1) is 11.4 Å². The van der Waals surface area contributed by atoms with Gasteiger partial charge in [0.1, 0.15) is 0 Å². The molecule has 0 fully saturated rings. The molecule has 0 spiro atoms. The Kier molecular flexibility index (Phi) is 4.09. The van der Waals surface area contributed by atoms with Crippen LogP contribution in [0.25, 0.3) is 11.8 Å². The second-order valence-electron chi connectivity index (χ2n) is 4.58. The van der Waals surface area contributed by atoms with E-state index in [4.69, 9.17) is 5.11 Å². The first-order chi connectivity index (χ1) is 9.40. The maximum Gasteiger partial charge on any atom is 0.328 e. The first-order valence-electron chi connectivity index (χ1n) is 6.14. The van der Waals surface area contributed by atoms with Crippen LogP contribution in [0.5, 0.6) is 0 Å². The molecule has 1 N–H and O–H groups in total. The first-order valence-corrected chi connectivity index (χ1v) is 6.93. The van der Waals surface area contributed by atoms with Crippen molar-refractivity contribution in [1.29, 1.82) is 0 Å². The van der Waals surface area contributed by atoms with Gasteiger partial charge in [-0.1, -0.05) is 15.9 Å². The first kappa shape index (κ1) is 14.5. The van der Waals surface area contributed by atoms with Crippen LogP contribution in [-0.2, 0) is 4.79 Å². The number of carboxylic acids is 1. The van der Waals surface area contributed by atoms with Crippen LogP contribution in [0.3, 0.4) is 0 Å². The number of carbonyl (C=O) groups is 1. The zero-order valence-corrected chi connectivity index (χ0v) is 13.1. The average molecular weight is 335 g/mol. The monoisotopic (exact) mass is 334 g/mol. The van der Waals surface area contributed by atoms with Gasteiger partial charge in [-0.15, -0.1) is 0 Å². The second kappa shape index (κ2) is 5.63. The molecule has 0 saturated heterocycles. The molecule has 0 bridgehead atoms. The summed E-state index contributed by atoms with van der Waals surface area (Å²) in [5.41, 5.74) is 4.82. The van der Waals surface area contributed by atoms with Gasteiger partial charge in [0, 0.05) is 21.8 Å². The summed E-state index contributed by atoms with van der Waals surface area (Å²) in [4.78, 5) is 10.7. The van der Waals surface area contributed by atoms with E-state index in [2.05, 4.69) is 21.0 Å². The van der Waals surface area contributed by atoms with Crippen molar-refractivity contribution in [3.63, 3.8) is 0 Å². The minimum atomic E-state index is -0.972. The van der Waals surface area contributed by atoms with Gasteiger partial charge >= 0.3 is 5.97 Å². The number of aliphatic carboxylic acids is 1. The van der Waals surface area contributed by atoms with Crippen LogP contribution in [0.15, 0.2) is 28.7 Å². The minimum Gasteiger partial charge on any atom is -0.478 e. The summed E-state index contributed by atoms with van der Waals surface area (Å²) in [6.45, 7) is 5.99. The molecule has 4 nitrogen and oxygen atoms in total. The number of nitrogens with zero attached hydrogens (tertiary/aromatic N) is 2. The molecule has 0 aliphatic carbocycles. The molecule has 0 aliphatic heterocycles. The van der Waals surface area contributed by atoms with Gasteiger partial charge in [0.25, 0.3) is 0 Å². The van der Waals surface area contributed by atoms with Gasteiger partial charge in [-0.25, -0.2) is 9.48 Å². The largest absolute Gasteiger partial charge is 0.478 e. The van der Waals surface area contributed by atoms with Crippen LogP contribution in [0, 0.1) is 20.8 Å². The molecular formula is C15H15BrN2O2. The lowest BCUT2D eigenvalue weighted by atomic mass is 10.1. The maximum absolute atomic E-state index is 10.7. The van der Waals surface area contributed by atoms with E-state index in [1.165, 1.54) is 0 Å². The van der Waals surface area contributed by atoms with Crippen LogP contribution < -0.4 is 0 Å². The number of rotatable bonds is 3. The summed E-state index contributed by atoms with van der Waals surface area (Å²) < 4.78 is 2.74. The van der Waals surface area contributed by atoms with E-state index in [0.717, 1.165) is 38.8 Å². The second-order valence-corrected chi connectivity index (χ2v) is 5.50. The standard InChI is InChI=1S/C15H15BrN2O2/c1-9-10(2)17-18(11(9)3)14-6-5-13(16)8-12(14)4-7-15(19)20/h4-8H,1-3H3,(H,19,20)/b7-4+. The zero-order chi connectivity index (χ0) is 14.9. The summed E-state index contributed by atoms with van der Waals surface area (Å²) in [5, 5.41) is 13.3. The van der Waals surface area contributed by atoms with Crippen LogP contribution >= 0.6 is 15.9 Å². The smallest absolute Gasteiger partial charge is 0.328 e. The summed E-state index contributed by atoms with van der Waals surface area (Å²) in [6.07, 6.45) is 2.71. The van der Waals surface area contributed by atoms with E-state index in [9.17, 15) is 4.79 Å². The molecule has 0 aliphatic rings. The van der Waals surface area contributed by atoms with Gasteiger partial charge in [-0.2, -0.15) is 5.10 Å². The number of hydrogen-bond donors (Lipinski definition) is 1. The number of benzene rings is 1. The molecule has 0 amide bonds. The summed E-state index contributed by atoms with van der Waals surface area (Å²) in [5.74, 6) is -0.972. The highest BCUT2D eigenvalue weighted by Gasteiger charge is 2.11. The molecule has 20 heavy (non-hydrogen) atoms. The number of hydrogen-bond acceptors (Lipinski definition) is 2. The molecule has 1 heterocycles. The lowest BCUT2D eigenvalue weighted by Gasteiger charge is -2.09. The Balaban J connectivity index is 2.61. The van der Waals surface area contributed by atoms with Crippen molar-refractivity contribution in [2.45, 2.75) is 20.8 Å². The van der Waals surface area contributed by atoms with Gasteiger partial charge in [0.2, 0.25) is 0 Å². The summed E-state index contributed by atoms with van der Waals surface area (Å²) in [6, 6.07) is 5.71. The number of aromatic nitrogens is 2. The Labute approximate surface area is 125 Å². The highest BCUT2D eigenvalue weighted by molar-refractivity contribution is 9.10. The zero-order valence-electron chi connectivity index (χ0n) is 11.5. The molecule has 2 aromatic rings. The maximum atomic E-state index is 10.7. The average Bonchev–Trinajstić information content (AvgIpc) is 2.64. The third kappa shape index (κ3) is 2.82. The van der Waals surface area contributed by atoms with E-state index in [-0.39, 0.29) is 0 Å². The van der Waals surface area contributed by atoms with E-state index in [1.54, 1.807) is 6.08 Å². The minimum absolute atomic E-state index is 0.798. The van der Waals surface area contributed by atoms with Gasteiger partial charge in [-0.05, 0) is 50.6 Å². The van der Waals surface area contributed by atoms with Crippen LogP contribution in [0.4, 0.5) is 0 Å². The quantitative estimate of drug-likeness (QED) is 0.871. The molecule has 1 aromatic carbocycles. The van der Waals surface area contributed by atoms with Crippen molar-refractivity contribution < 1.29 is 9.90 Å². The van der Waals surface area contributed by atoms with Gasteiger partial charge < -0.3 is 5.11 Å². The van der Waals surface area contributed by atoms with Crippen molar-refractivity contribution >= 4 is 28.0 Å². The molecule has 5 heteroatoms. The third-order valence-corrected chi connectivity index (χ3v) is 3.77. The topological polar surface area (TPSA) is 55.1 Å². The molecule has 0 atom stereocenters. The summed E-state index contributed by atoms with van der Waals surface area (Å²) >= 11 is 3.40. The van der Waals surface area contributed by atoms with E-state index in [0.29, 0.717) is 0 Å². The molecule has 0 unspecified atom stereocenters. The SMILES string of the molecule is Cc1nn(-c2ccc(Br)cc2/C=C/C(=O)O)c(C)c1C. The van der Waals surface area contributed by atoms with Crippen molar-refractivity contribution in [2.24, 2.45) is 0 Å². The van der Waals surface area contributed by atoms with Crippen LogP contribution in [-0.4, -0.2) is 20.9 Å². The predicted molar refractivity (Wildman–Crippen MR) is 82.1 cm³/mol. The summed E-state index contributed by atoms with van der Waals surface area (Å²) in [7, 11) is 0. The fourth-order valence-electron chi connectivity index (χ4n) is 1.97. The predicted octanol–water partition coefficient (Wildman–Crippen LogP) is 3.66.